The topological polar surface area (TPSA) is 105 Å². The molecule has 8 nitrogen and oxygen atoms in total. The average Bonchev–Trinajstić information content (AvgIpc) is 2.93. The molecule has 0 saturated carbocycles. The fourth-order valence-corrected chi connectivity index (χ4v) is 3.61. The summed E-state index contributed by atoms with van der Waals surface area (Å²) in [6.45, 7) is 4.83. The van der Waals surface area contributed by atoms with Gasteiger partial charge >= 0.3 is 6.09 Å². The van der Waals surface area contributed by atoms with E-state index in [4.69, 9.17) is 16.3 Å². The van der Waals surface area contributed by atoms with Gasteiger partial charge in [0, 0.05) is 35.7 Å². The molecule has 156 valence electrons. The first-order chi connectivity index (χ1) is 13.5. The Labute approximate surface area is 171 Å². The van der Waals surface area contributed by atoms with E-state index in [9.17, 15) is 19.2 Å². The van der Waals surface area contributed by atoms with Gasteiger partial charge in [-0.25, -0.2) is 9.18 Å². The third kappa shape index (κ3) is 4.34. The summed E-state index contributed by atoms with van der Waals surface area (Å²) in [5, 5.41) is 4.77. The highest BCUT2D eigenvalue weighted by Gasteiger charge is 2.41. The molecule has 2 N–H and O–H groups in total. The van der Waals surface area contributed by atoms with Crippen molar-refractivity contribution >= 4 is 35.4 Å². The molecule has 0 aliphatic carbocycles. The van der Waals surface area contributed by atoms with Gasteiger partial charge in [-0.3, -0.25) is 19.7 Å². The summed E-state index contributed by atoms with van der Waals surface area (Å²) in [6, 6.07) is 0.473. The normalized spacial score (nSPS) is 19.1. The highest BCUT2D eigenvalue weighted by molar-refractivity contribution is 6.32. The molecule has 1 atom stereocenters. The van der Waals surface area contributed by atoms with E-state index in [1.54, 1.807) is 20.8 Å². The minimum atomic E-state index is -0.869. The summed E-state index contributed by atoms with van der Waals surface area (Å²) in [7, 11) is 0. The van der Waals surface area contributed by atoms with Gasteiger partial charge in [-0.15, -0.1) is 0 Å². The number of imide groups is 1. The zero-order valence-corrected chi connectivity index (χ0v) is 17.0. The van der Waals surface area contributed by atoms with Gasteiger partial charge in [-0.05, 0) is 33.3 Å². The molecule has 2 aliphatic heterocycles. The van der Waals surface area contributed by atoms with Gasteiger partial charge in [-0.2, -0.15) is 0 Å². The Kier molecular flexibility index (Phi) is 5.53. The van der Waals surface area contributed by atoms with Gasteiger partial charge in [0.05, 0.1) is 5.56 Å². The van der Waals surface area contributed by atoms with Crippen molar-refractivity contribution in [2.45, 2.75) is 58.3 Å². The molecule has 10 heteroatoms. The van der Waals surface area contributed by atoms with Crippen molar-refractivity contribution in [3.8, 4) is 0 Å². The lowest BCUT2D eigenvalue weighted by molar-refractivity contribution is -0.136. The number of benzene rings is 1. The molecule has 0 aromatic heterocycles. The number of nitrogens with zero attached hydrogens (tertiary/aromatic N) is 1. The monoisotopic (exact) mass is 425 g/mol. The van der Waals surface area contributed by atoms with Crippen LogP contribution in [0.15, 0.2) is 6.07 Å². The molecule has 1 aromatic carbocycles. The number of rotatable bonds is 3. The van der Waals surface area contributed by atoms with E-state index >= 15 is 4.39 Å². The summed E-state index contributed by atoms with van der Waals surface area (Å²) in [5.41, 5.74) is -0.627. The predicted molar refractivity (Wildman–Crippen MR) is 101 cm³/mol. The largest absolute Gasteiger partial charge is 0.444 e. The summed E-state index contributed by atoms with van der Waals surface area (Å²) in [6.07, 6.45) is -0.473. The fourth-order valence-electron chi connectivity index (χ4n) is 3.32. The van der Waals surface area contributed by atoms with Crippen LogP contribution in [0.1, 0.15) is 55.1 Å². The number of ether oxygens (including phenoxy) is 1. The second kappa shape index (κ2) is 7.62. The first kappa shape index (κ1) is 21.0. The Hall–Kier alpha value is -2.68. The number of alkyl carbamates (subject to hydrolysis) is 1. The van der Waals surface area contributed by atoms with Crippen molar-refractivity contribution < 1.29 is 28.3 Å². The molecule has 3 rings (SSSR count). The minimum Gasteiger partial charge on any atom is -0.444 e. The Morgan fingerprint density at radius 1 is 1.38 bits per heavy atom. The number of hydrogen-bond donors (Lipinski definition) is 2. The number of fused-ring (bicyclic) bond motifs is 1. The van der Waals surface area contributed by atoms with E-state index in [2.05, 4.69) is 10.6 Å². The molecule has 1 fully saturated rings. The van der Waals surface area contributed by atoms with Crippen molar-refractivity contribution in [3.05, 3.63) is 33.6 Å². The molecule has 2 aliphatic rings. The Bertz CT molecular complexity index is 912. The Balaban J connectivity index is 1.80. The summed E-state index contributed by atoms with van der Waals surface area (Å²) in [5.74, 6) is -2.48. The number of carbonyl (C=O) groups is 4. The predicted octanol–water partition coefficient (Wildman–Crippen LogP) is 2.26. The van der Waals surface area contributed by atoms with Crippen LogP contribution in [0.5, 0.6) is 0 Å². The zero-order valence-electron chi connectivity index (χ0n) is 16.2. The van der Waals surface area contributed by atoms with Crippen LogP contribution in [-0.4, -0.2) is 40.4 Å². The van der Waals surface area contributed by atoms with E-state index in [1.807, 2.05) is 0 Å². The summed E-state index contributed by atoms with van der Waals surface area (Å²) < 4.78 is 20.1. The first-order valence-electron chi connectivity index (χ1n) is 9.09. The fraction of sp³-hybridized carbons (Fsp3) is 0.474. The molecule has 29 heavy (non-hydrogen) atoms. The maximum atomic E-state index is 15.0. The maximum Gasteiger partial charge on any atom is 0.407 e. The third-order valence-electron chi connectivity index (χ3n) is 4.60. The van der Waals surface area contributed by atoms with Crippen LogP contribution in [0, 0.1) is 5.82 Å². The Morgan fingerprint density at radius 3 is 2.69 bits per heavy atom. The van der Waals surface area contributed by atoms with Crippen LogP contribution in [0.3, 0.4) is 0 Å². The molecule has 0 bridgehead atoms. The number of hydrogen-bond acceptors (Lipinski definition) is 5. The molecule has 2 heterocycles. The van der Waals surface area contributed by atoms with Crippen LogP contribution in [0.25, 0.3) is 0 Å². The lowest BCUT2D eigenvalue weighted by atomic mass is 10.0. The van der Waals surface area contributed by atoms with Crippen LogP contribution >= 0.6 is 11.6 Å². The number of halogens is 2. The highest BCUT2D eigenvalue weighted by atomic mass is 35.5. The summed E-state index contributed by atoms with van der Waals surface area (Å²) >= 11 is 6.25. The number of nitrogens with one attached hydrogen (secondary N) is 2. The van der Waals surface area contributed by atoms with Gasteiger partial charge in [0.2, 0.25) is 11.8 Å². The van der Waals surface area contributed by atoms with E-state index in [-0.39, 0.29) is 47.6 Å². The van der Waals surface area contributed by atoms with E-state index in [0.717, 1.165) is 0 Å². The number of piperidine rings is 1. The van der Waals surface area contributed by atoms with E-state index < -0.39 is 41.3 Å². The highest BCUT2D eigenvalue weighted by Crippen LogP contribution is 2.35. The average molecular weight is 426 g/mol. The maximum absolute atomic E-state index is 15.0. The SMILES string of the molecule is CC(C)(C)OC(=O)NCc1cc(Cl)c2c(c1F)C(=O)N(C1CCC(=O)NC1=O)C2. The number of carbonyl (C=O) groups excluding carboxylic acids is 4. The minimum absolute atomic E-state index is 0.0260. The second-order valence-corrected chi connectivity index (χ2v) is 8.35. The van der Waals surface area contributed by atoms with Gasteiger partial charge in [0.15, 0.2) is 0 Å². The van der Waals surface area contributed by atoms with Gasteiger partial charge in [0.25, 0.3) is 5.91 Å². The van der Waals surface area contributed by atoms with Crippen LogP contribution < -0.4 is 10.6 Å². The van der Waals surface area contributed by atoms with Gasteiger partial charge in [0.1, 0.15) is 17.5 Å². The standard InChI is InChI=1S/C19H21ClFN3O5/c1-19(2,3)29-18(28)22-7-9-6-11(20)10-8-24(17(27)14(10)15(9)21)12-4-5-13(25)23-16(12)26/h6,12H,4-5,7-8H2,1-3H3,(H,22,28)(H,23,25,26). The van der Waals surface area contributed by atoms with Crippen molar-refractivity contribution in [2.24, 2.45) is 0 Å². The Morgan fingerprint density at radius 2 is 2.07 bits per heavy atom. The van der Waals surface area contributed by atoms with Crippen molar-refractivity contribution in [1.29, 1.82) is 0 Å². The van der Waals surface area contributed by atoms with Crippen molar-refractivity contribution in [2.75, 3.05) is 0 Å². The molecular weight excluding hydrogens is 405 g/mol. The molecule has 0 radical (unpaired) electrons. The van der Waals surface area contributed by atoms with Crippen LogP contribution in [0.4, 0.5) is 9.18 Å². The van der Waals surface area contributed by atoms with Gasteiger partial charge in [-0.1, -0.05) is 11.6 Å². The summed E-state index contributed by atoms with van der Waals surface area (Å²) in [4.78, 5) is 49.3. The van der Waals surface area contributed by atoms with Gasteiger partial charge < -0.3 is 15.0 Å². The quantitative estimate of drug-likeness (QED) is 0.723. The van der Waals surface area contributed by atoms with Crippen molar-refractivity contribution in [1.82, 2.24) is 15.5 Å². The smallest absolute Gasteiger partial charge is 0.407 e. The molecular formula is C19H21ClFN3O5. The van der Waals surface area contributed by atoms with Crippen molar-refractivity contribution in [3.63, 3.8) is 0 Å². The van der Waals surface area contributed by atoms with Crippen LogP contribution in [-0.2, 0) is 27.4 Å². The van der Waals surface area contributed by atoms with Crippen LogP contribution in [0.2, 0.25) is 5.02 Å². The molecule has 4 amide bonds. The first-order valence-corrected chi connectivity index (χ1v) is 9.47. The number of amides is 4. The molecule has 1 saturated heterocycles. The lowest BCUT2D eigenvalue weighted by Crippen LogP contribution is -2.52. The zero-order chi connectivity index (χ0) is 21.5. The molecule has 0 spiro atoms. The van der Waals surface area contributed by atoms with E-state index in [0.29, 0.717) is 0 Å². The van der Waals surface area contributed by atoms with E-state index in [1.165, 1.54) is 11.0 Å². The molecule has 1 unspecified atom stereocenters. The third-order valence-corrected chi connectivity index (χ3v) is 4.94. The molecule has 1 aromatic rings. The lowest BCUT2D eigenvalue weighted by Gasteiger charge is -2.29. The second-order valence-electron chi connectivity index (χ2n) is 7.94.